The lowest BCUT2D eigenvalue weighted by molar-refractivity contribution is 1.17. The maximum Gasteiger partial charge on any atom is 0.0721 e. The molecule has 4 heteroatoms. The van der Waals surface area contributed by atoms with Crippen molar-refractivity contribution in [2.45, 2.75) is 6.54 Å². The Morgan fingerprint density at radius 3 is 2.86 bits per heavy atom. The van der Waals surface area contributed by atoms with Gasteiger partial charge >= 0.3 is 0 Å². The molecule has 2 heterocycles. The average molecular weight is 293 g/mol. The van der Waals surface area contributed by atoms with Crippen LogP contribution in [0.1, 0.15) is 5.56 Å². The van der Waals surface area contributed by atoms with Gasteiger partial charge in [0.25, 0.3) is 0 Å². The molecule has 0 unspecified atom stereocenters. The molecule has 0 aliphatic heterocycles. The lowest BCUT2D eigenvalue weighted by Crippen LogP contribution is -1.99. The molecular weight excluding hydrogens is 278 g/mol. The van der Waals surface area contributed by atoms with Crippen LogP contribution in [-0.2, 0) is 6.54 Å². The number of H-pyrrole nitrogens is 1. The second-order valence-electron chi connectivity index (χ2n) is 5.11. The van der Waals surface area contributed by atoms with E-state index in [1.165, 1.54) is 10.9 Å². The highest BCUT2D eigenvalue weighted by molar-refractivity contribution is 7.07. The molecule has 0 fully saturated rings. The molecule has 0 bridgehead atoms. The summed E-state index contributed by atoms with van der Waals surface area (Å²) >= 11 is 1.72. The fraction of sp³-hybridized carbons (Fsp3) is 0.0588. The van der Waals surface area contributed by atoms with E-state index in [1.807, 2.05) is 24.3 Å². The summed E-state index contributed by atoms with van der Waals surface area (Å²) < 4.78 is 0. The highest BCUT2D eigenvalue weighted by Crippen LogP contribution is 2.34. The quantitative estimate of drug-likeness (QED) is 0.484. The fourth-order valence-electron chi connectivity index (χ4n) is 2.72. The van der Waals surface area contributed by atoms with E-state index in [0.717, 1.165) is 34.3 Å². The largest absolute Gasteiger partial charge is 0.398 e. The zero-order valence-electron chi connectivity index (χ0n) is 11.4. The molecule has 4 N–H and O–H groups in total. The number of nitrogen functional groups attached to an aromatic ring is 1. The lowest BCUT2D eigenvalue weighted by atomic mass is 10.1. The summed E-state index contributed by atoms with van der Waals surface area (Å²) in [5, 5.41) is 10.0. The van der Waals surface area contributed by atoms with Gasteiger partial charge in [0.05, 0.1) is 11.2 Å². The lowest BCUT2D eigenvalue weighted by Gasteiger charge is -2.08. The van der Waals surface area contributed by atoms with Crippen LogP contribution >= 0.6 is 11.3 Å². The molecule has 0 saturated heterocycles. The van der Waals surface area contributed by atoms with Crippen molar-refractivity contribution in [2.75, 3.05) is 11.1 Å². The normalized spacial score (nSPS) is 11.2. The molecule has 0 saturated carbocycles. The zero-order valence-corrected chi connectivity index (χ0v) is 12.2. The van der Waals surface area contributed by atoms with Gasteiger partial charge in [-0.1, -0.05) is 18.2 Å². The molecule has 104 valence electrons. The van der Waals surface area contributed by atoms with E-state index in [4.69, 9.17) is 5.73 Å². The topological polar surface area (TPSA) is 53.8 Å². The van der Waals surface area contributed by atoms with Gasteiger partial charge < -0.3 is 16.0 Å². The minimum absolute atomic E-state index is 0.809. The van der Waals surface area contributed by atoms with Gasteiger partial charge in [-0.15, -0.1) is 0 Å². The predicted octanol–water partition coefficient (Wildman–Crippen LogP) is 4.58. The van der Waals surface area contributed by atoms with Crippen LogP contribution in [-0.4, -0.2) is 4.98 Å². The number of nitrogens with two attached hydrogens (primary N) is 1. The molecule has 0 radical (unpaired) electrons. The summed E-state index contributed by atoms with van der Waals surface area (Å²) in [6.45, 7) is 0.817. The minimum Gasteiger partial charge on any atom is -0.398 e. The summed E-state index contributed by atoms with van der Waals surface area (Å²) in [5.74, 6) is 0. The zero-order chi connectivity index (χ0) is 14.2. The Morgan fingerprint density at radius 1 is 1.10 bits per heavy atom. The summed E-state index contributed by atoms with van der Waals surface area (Å²) in [5.41, 5.74) is 11.6. The van der Waals surface area contributed by atoms with Crippen molar-refractivity contribution in [2.24, 2.45) is 0 Å². The van der Waals surface area contributed by atoms with Crippen molar-refractivity contribution in [1.82, 2.24) is 4.98 Å². The van der Waals surface area contributed by atoms with Gasteiger partial charge in [0.2, 0.25) is 0 Å². The van der Waals surface area contributed by atoms with Crippen LogP contribution in [0.5, 0.6) is 0 Å². The Hall–Kier alpha value is -2.46. The van der Waals surface area contributed by atoms with E-state index in [0.29, 0.717) is 0 Å². The van der Waals surface area contributed by atoms with E-state index in [9.17, 15) is 0 Å². The van der Waals surface area contributed by atoms with Crippen molar-refractivity contribution in [3.05, 3.63) is 58.8 Å². The van der Waals surface area contributed by atoms with Crippen LogP contribution in [0.15, 0.2) is 53.2 Å². The first-order valence-corrected chi connectivity index (χ1v) is 7.81. The van der Waals surface area contributed by atoms with Gasteiger partial charge in [-0.25, -0.2) is 0 Å². The van der Waals surface area contributed by atoms with Gasteiger partial charge in [0.15, 0.2) is 0 Å². The second kappa shape index (κ2) is 4.82. The number of hydrogen-bond donors (Lipinski definition) is 3. The summed E-state index contributed by atoms with van der Waals surface area (Å²) in [6.07, 6.45) is 0. The monoisotopic (exact) mass is 293 g/mol. The summed E-state index contributed by atoms with van der Waals surface area (Å²) in [7, 11) is 0. The number of hydrogen-bond acceptors (Lipinski definition) is 3. The molecular formula is C17H15N3S. The molecule has 0 aliphatic carbocycles. The van der Waals surface area contributed by atoms with Crippen LogP contribution in [0.3, 0.4) is 0 Å². The number of nitrogens with one attached hydrogen (secondary N) is 2. The van der Waals surface area contributed by atoms with Crippen molar-refractivity contribution >= 4 is 44.5 Å². The van der Waals surface area contributed by atoms with Gasteiger partial charge in [-0.05, 0) is 40.6 Å². The molecule has 4 aromatic rings. The Labute approximate surface area is 126 Å². The molecule has 3 nitrogen and oxygen atoms in total. The average Bonchev–Trinajstić information content (AvgIpc) is 3.14. The maximum atomic E-state index is 6.18. The Kier molecular flexibility index (Phi) is 2.82. The number of anilines is 2. The van der Waals surface area contributed by atoms with Crippen LogP contribution in [0.25, 0.3) is 21.8 Å². The van der Waals surface area contributed by atoms with E-state index < -0.39 is 0 Å². The van der Waals surface area contributed by atoms with Gasteiger partial charge in [-0.3, -0.25) is 0 Å². The Morgan fingerprint density at radius 2 is 2.00 bits per heavy atom. The number of fused-ring (bicyclic) bond motifs is 3. The summed E-state index contributed by atoms with van der Waals surface area (Å²) in [6, 6.07) is 14.4. The van der Waals surface area contributed by atoms with E-state index in [2.05, 4.69) is 39.3 Å². The van der Waals surface area contributed by atoms with Crippen molar-refractivity contribution in [1.29, 1.82) is 0 Å². The summed E-state index contributed by atoms with van der Waals surface area (Å²) in [4.78, 5) is 3.48. The van der Waals surface area contributed by atoms with Gasteiger partial charge in [0.1, 0.15) is 0 Å². The van der Waals surface area contributed by atoms with Crippen LogP contribution in [0.4, 0.5) is 11.4 Å². The fourth-order valence-corrected chi connectivity index (χ4v) is 3.39. The highest BCUT2D eigenvalue weighted by atomic mass is 32.1. The third-order valence-corrected chi connectivity index (χ3v) is 4.49. The molecule has 21 heavy (non-hydrogen) atoms. The number of benzene rings is 2. The molecule has 4 rings (SSSR count). The van der Waals surface area contributed by atoms with Crippen molar-refractivity contribution in [3.63, 3.8) is 0 Å². The highest BCUT2D eigenvalue weighted by Gasteiger charge is 2.10. The third kappa shape index (κ3) is 2.04. The molecule has 0 atom stereocenters. The Bertz CT molecular complexity index is 906. The third-order valence-electron chi connectivity index (χ3n) is 3.76. The molecule has 2 aromatic carbocycles. The first-order chi connectivity index (χ1) is 10.3. The number of aromatic nitrogens is 1. The van der Waals surface area contributed by atoms with Gasteiger partial charge in [-0.2, -0.15) is 11.3 Å². The van der Waals surface area contributed by atoms with E-state index in [1.54, 1.807) is 11.3 Å². The first kappa shape index (κ1) is 12.3. The SMILES string of the molecule is Nc1ccc(NCc2ccsc2)c2[nH]c3ccccc3c12. The number of thiophene rings is 1. The Balaban J connectivity index is 1.84. The van der Waals surface area contributed by atoms with Crippen molar-refractivity contribution < 1.29 is 0 Å². The van der Waals surface area contributed by atoms with E-state index in [-0.39, 0.29) is 0 Å². The van der Waals surface area contributed by atoms with Crippen LogP contribution in [0, 0.1) is 0 Å². The smallest absolute Gasteiger partial charge is 0.0721 e. The predicted molar refractivity (Wildman–Crippen MR) is 91.9 cm³/mol. The number of para-hydroxylation sites is 1. The van der Waals surface area contributed by atoms with Gasteiger partial charge in [0, 0.05) is 28.5 Å². The van der Waals surface area contributed by atoms with E-state index >= 15 is 0 Å². The number of rotatable bonds is 3. The molecule has 0 amide bonds. The maximum absolute atomic E-state index is 6.18. The molecule has 0 aliphatic rings. The first-order valence-electron chi connectivity index (χ1n) is 6.87. The standard InChI is InChI=1S/C17H15N3S/c18-13-5-6-15(19-9-11-7-8-21-10-11)17-16(13)12-3-1-2-4-14(12)20-17/h1-8,10,19-20H,9,18H2. The van der Waals surface area contributed by atoms with Crippen LogP contribution in [0.2, 0.25) is 0 Å². The van der Waals surface area contributed by atoms with Crippen LogP contribution < -0.4 is 11.1 Å². The molecule has 2 aromatic heterocycles. The molecule has 0 spiro atoms. The minimum atomic E-state index is 0.809. The number of aromatic amines is 1. The second-order valence-corrected chi connectivity index (χ2v) is 5.89. The van der Waals surface area contributed by atoms with Crippen molar-refractivity contribution in [3.8, 4) is 0 Å².